The van der Waals surface area contributed by atoms with Gasteiger partial charge in [-0.2, -0.15) is 0 Å². The van der Waals surface area contributed by atoms with E-state index in [1.54, 1.807) is 4.90 Å². The molecule has 1 saturated heterocycles. The summed E-state index contributed by atoms with van der Waals surface area (Å²) in [5, 5.41) is 2.65. The molecule has 0 atom stereocenters. The lowest BCUT2D eigenvalue weighted by molar-refractivity contribution is -0.116. The molecule has 5 heterocycles. The highest BCUT2D eigenvalue weighted by molar-refractivity contribution is 5.90. The van der Waals surface area contributed by atoms with Crippen LogP contribution in [-0.2, 0) is 25.4 Å². The minimum Gasteiger partial charge on any atom is -0.340 e. The van der Waals surface area contributed by atoms with Crippen molar-refractivity contribution in [2.45, 2.75) is 25.3 Å². The first-order valence-electron chi connectivity index (χ1n) is 11.3. The fourth-order valence-electron chi connectivity index (χ4n) is 4.06. The van der Waals surface area contributed by atoms with Crippen molar-refractivity contribution in [3.8, 4) is 11.4 Å². The first-order valence-corrected chi connectivity index (χ1v) is 11.3. The van der Waals surface area contributed by atoms with Gasteiger partial charge in [-0.15, -0.1) is 0 Å². The number of rotatable bonds is 5. The van der Waals surface area contributed by atoms with Crippen LogP contribution in [0.4, 0.5) is 20.5 Å². The molecule has 1 aliphatic heterocycles. The third kappa shape index (κ3) is 4.66. The Morgan fingerprint density at radius 2 is 1.76 bits per heavy atom. The van der Waals surface area contributed by atoms with Gasteiger partial charge in [-0.05, 0) is 6.07 Å². The number of aromatic nitrogens is 8. The zero-order valence-electron chi connectivity index (χ0n) is 19.9. The van der Waals surface area contributed by atoms with Crippen LogP contribution in [0.25, 0.3) is 22.6 Å². The lowest BCUT2D eigenvalue weighted by Crippen LogP contribution is -2.40. The summed E-state index contributed by atoms with van der Waals surface area (Å²) in [6.07, 6.45) is 5.27. The Morgan fingerprint density at radius 3 is 2.46 bits per heavy atom. The molecule has 1 N–H and O–H groups in total. The number of nitrogens with zero attached hydrogens (tertiary/aromatic N) is 9. The topological polar surface area (TPSA) is 146 Å². The molecule has 5 rings (SSSR count). The number of amides is 1. The molecule has 192 valence electrons. The molecule has 1 aliphatic rings. The highest BCUT2D eigenvalue weighted by Gasteiger charge is 2.34. The summed E-state index contributed by atoms with van der Waals surface area (Å²) in [6.45, 7) is 0.0912. The molecule has 1 fully saturated rings. The van der Waals surface area contributed by atoms with Crippen LogP contribution in [0.3, 0.4) is 0 Å². The Labute approximate surface area is 207 Å². The maximum atomic E-state index is 13.4. The van der Waals surface area contributed by atoms with Gasteiger partial charge in [0, 0.05) is 58.6 Å². The maximum absolute atomic E-state index is 13.4. The molecular weight excluding hydrogens is 490 g/mol. The number of hydrogen-bond donors (Lipinski definition) is 1. The van der Waals surface area contributed by atoms with E-state index in [2.05, 4.69) is 30.2 Å². The van der Waals surface area contributed by atoms with Crippen molar-refractivity contribution in [1.29, 1.82) is 0 Å². The standard InChI is InChI=1S/C22H22F2N10O3/c1-31-18-16(19(36)32(2)21(31)37)34(12-28-18)11-15(35)29-14-3-6-25-17(30-14)13-9-26-20(27-10-13)33-7-4-22(23,24)5-8-33/h3,6,9-10,12H,4-5,7-8,11H2,1-2H3,(H,25,29,30,35). The number of anilines is 2. The molecule has 0 radical (unpaired) electrons. The zero-order chi connectivity index (χ0) is 26.3. The summed E-state index contributed by atoms with van der Waals surface area (Å²) in [5.74, 6) is -2.32. The number of aryl methyl sites for hydroxylation is 1. The quantitative estimate of drug-likeness (QED) is 0.405. The fourth-order valence-corrected chi connectivity index (χ4v) is 4.06. The van der Waals surface area contributed by atoms with Gasteiger partial charge in [0.25, 0.3) is 11.5 Å². The van der Waals surface area contributed by atoms with Crippen molar-refractivity contribution >= 4 is 28.8 Å². The summed E-state index contributed by atoms with van der Waals surface area (Å²) in [5.41, 5.74) is -0.304. The number of halogens is 2. The number of imidazole rings is 1. The van der Waals surface area contributed by atoms with Crippen molar-refractivity contribution in [3.05, 3.63) is 51.8 Å². The Morgan fingerprint density at radius 1 is 1.05 bits per heavy atom. The molecular formula is C22H22F2N10O3. The van der Waals surface area contributed by atoms with E-state index < -0.39 is 23.1 Å². The Balaban J connectivity index is 1.30. The number of piperidine rings is 1. The van der Waals surface area contributed by atoms with Gasteiger partial charge in [-0.3, -0.25) is 18.7 Å². The van der Waals surface area contributed by atoms with Gasteiger partial charge in [-0.25, -0.2) is 38.5 Å². The molecule has 37 heavy (non-hydrogen) atoms. The van der Waals surface area contributed by atoms with Crippen molar-refractivity contribution in [2.75, 3.05) is 23.3 Å². The largest absolute Gasteiger partial charge is 0.340 e. The third-order valence-corrected chi connectivity index (χ3v) is 6.13. The van der Waals surface area contributed by atoms with Gasteiger partial charge in [0.1, 0.15) is 12.4 Å². The van der Waals surface area contributed by atoms with Gasteiger partial charge >= 0.3 is 5.69 Å². The SMILES string of the molecule is Cn1c(=O)c2c(ncn2CC(=O)Nc2ccnc(-c3cnc(N4CCC(F)(F)CC4)nc3)n2)n(C)c1=O. The van der Waals surface area contributed by atoms with Crippen LogP contribution in [0.5, 0.6) is 0 Å². The summed E-state index contributed by atoms with van der Waals surface area (Å²) in [6, 6.07) is 1.50. The van der Waals surface area contributed by atoms with Gasteiger partial charge in [-0.1, -0.05) is 0 Å². The number of carbonyl (C=O) groups excluding carboxylic acids is 1. The lowest BCUT2D eigenvalue weighted by atomic mass is 10.1. The molecule has 13 nitrogen and oxygen atoms in total. The third-order valence-electron chi connectivity index (χ3n) is 6.13. The number of fused-ring (bicyclic) bond motifs is 1. The molecule has 0 aliphatic carbocycles. The van der Waals surface area contributed by atoms with Gasteiger partial charge in [0.15, 0.2) is 17.0 Å². The normalized spacial score (nSPS) is 15.2. The number of carbonyl (C=O) groups is 1. The van der Waals surface area contributed by atoms with Crippen molar-refractivity contribution in [1.82, 2.24) is 38.6 Å². The number of hydrogen-bond acceptors (Lipinski definition) is 9. The fraction of sp³-hybridized carbons (Fsp3) is 0.364. The second-order valence-electron chi connectivity index (χ2n) is 8.68. The van der Waals surface area contributed by atoms with Crippen LogP contribution in [0.2, 0.25) is 0 Å². The second-order valence-corrected chi connectivity index (χ2v) is 8.68. The summed E-state index contributed by atoms with van der Waals surface area (Å²) < 4.78 is 30.3. The van der Waals surface area contributed by atoms with Crippen molar-refractivity contribution < 1.29 is 13.6 Å². The molecule has 0 spiro atoms. The highest BCUT2D eigenvalue weighted by atomic mass is 19.3. The Hall–Kier alpha value is -4.56. The molecule has 0 bridgehead atoms. The van der Waals surface area contributed by atoms with Crippen LogP contribution < -0.4 is 21.5 Å². The average Bonchev–Trinajstić information content (AvgIpc) is 3.30. The van der Waals surface area contributed by atoms with Crippen molar-refractivity contribution in [2.24, 2.45) is 14.1 Å². The smallest absolute Gasteiger partial charge is 0.332 e. The molecule has 15 heteroatoms. The summed E-state index contributed by atoms with van der Waals surface area (Å²) in [4.78, 5) is 60.2. The molecule has 4 aromatic rings. The van der Waals surface area contributed by atoms with E-state index in [4.69, 9.17) is 0 Å². The Kier molecular flexibility index (Phi) is 5.97. The van der Waals surface area contributed by atoms with Gasteiger partial charge in [0.2, 0.25) is 11.9 Å². The first kappa shape index (κ1) is 24.1. The van der Waals surface area contributed by atoms with Gasteiger partial charge < -0.3 is 14.8 Å². The van der Waals surface area contributed by atoms with Crippen LogP contribution in [0.15, 0.2) is 40.6 Å². The van der Waals surface area contributed by atoms with E-state index in [1.807, 2.05) is 0 Å². The lowest BCUT2D eigenvalue weighted by Gasteiger charge is -2.31. The Bertz CT molecular complexity index is 1600. The predicted molar refractivity (Wildman–Crippen MR) is 128 cm³/mol. The first-order chi connectivity index (χ1) is 17.6. The monoisotopic (exact) mass is 512 g/mol. The van der Waals surface area contributed by atoms with Crippen LogP contribution in [-0.4, -0.2) is 63.5 Å². The van der Waals surface area contributed by atoms with Crippen LogP contribution in [0, 0.1) is 0 Å². The summed E-state index contributed by atoms with van der Waals surface area (Å²) in [7, 11) is 2.84. The average molecular weight is 512 g/mol. The van der Waals surface area contributed by atoms with Crippen molar-refractivity contribution in [3.63, 3.8) is 0 Å². The molecule has 0 aromatic carbocycles. The zero-order valence-corrected chi connectivity index (χ0v) is 19.9. The molecule has 0 saturated carbocycles. The molecule has 4 aromatic heterocycles. The van der Waals surface area contributed by atoms with Gasteiger partial charge in [0.05, 0.1) is 11.9 Å². The van der Waals surface area contributed by atoms with Crippen LogP contribution >= 0.6 is 0 Å². The minimum atomic E-state index is -2.66. The van der Waals surface area contributed by atoms with E-state index in [0.717, 1.165) is 4.57 Å². The van der Waals surface area contributed by atoms with Crippen LogP contribution in [0.1, 0.15) is 12.8 Å². The molecule has 0 unspecified atom stereocenters. The minimum absolute atomic E-state index is 0.123. The maximum Gasteiger partial charge on any atom is 0.332 e. The van der Waals surface area contributed by atoms with E-state index in [9.17, 15) is 23.2 Å². The van der Waals surface area contributed by atoms with E-state index in [-0.39, 0.29) is 55.3 Å². The molecule has 1 amide bonds. The highest BCUT2D eigenvalue weighted by Crippen LogP contribution is 2.29. The van der Waals surface area contributed by atoms with E-state index in [0.29, 0.717) is 11.5 Å². The number of nitrogens with one attached hydrogen (secondary N) is 1. The predicted octanol–water partition coefficient (Wildman–Crippen LogP) is 0.555. The van der Waals surface area contributed by atoms with E-state index >= 15 is 0 Å². The summed E-state index contributed by atoms with van der Waals surface area (Å²) >= 11 is 0. The second kappa shape index (κ2) is 9.15. The number of alkyl halides is 2. The van der Waals surface area contributed by atoms with E-state index in [1.165, 1.54) is 54.2 Å².